The minimum absolute atomic E-state index is 0.381. The average molecular weight is 285 g/mol. The lowest BCUT2D eigenvalue weighted by atomic mass is 9.97. The van der Waals surface area contributed by atoms with E-state index in [1.165, 1.54) is 58.8 Å². The van der Waals surface area contributed by atoms with E-state index in [4.69, 9.17) is 5.50 Å². The normalized spacial score (nSPS) is 22.6. The van der Waals surface area contributed by atoms with E-state index in [1.807, 2.05) is 6.08 Å². The zero-order chi connectivity index (χ0) is 14.3. The molecule has 0 amide bonds. The summed E-state index contributed by atoms with van der Waals surface area (Å²) in [5, 5.41) is 1.39. The Morgan fingerprint density at radius 1 is 1.40 bits per heavy atom. The Labute approximate surface area is 124 Å². The maximum atomic E-state index is 6.12. The van der Waals surface area contributed by atoms with Gasteiger partial charge in [0.1, 0.15) is 0 Å². The summed E-state index contributed by atoms with van der Waals surface area (Å²) in [4.78, 5) is 0. The highest BCUT2D eigenvalue weighted by Crippen LogP contribution is 2.38. The quantitative estimate of drug-likeness (QED) is 0.830. The predicted molar refractivity (Wildman–Crippen MR) is 91.6 cm³/mol. The zero-order valence-corrected chi connectivity index (χ0v) is 13.5. The van der Waals surface area contributed by atoms with E-state index in [9.17, 15) is 0 Å². The summed E-state index contributed by atoms with van der Waals surface area (Å²) in [5.41, 5.74) is 13.3. The molecular formula is C18H24NP. The van der Waals surface area contributed by atoms with Crippen molar-refractivity contribution in [1.29, 1.82) is 0 Å². The van der Waals surface area contributed by atoms with Gasteiger partial charge in [-0.05, 0) is 80.7 Å². The summed E-state index contributed by atoms with van der Waals surface area (Å²) in [6.45, 7) is 8.62. The van der Waals surface area contributed by atoms with Crippen molar-refractivity contribution in [3.05, 3.63) is 40.5 Å². The molecule has 0 heterocycles. The molecule has 106 valence electrons. The summed E-state index contributed by atoms with van der Waals surface area (Å²) in [5.74, 6) is 1.57. The van der Waals surface area contributed by atoms with E-state index in [0.717, 1.165) is 11.8 Å². The van der Waals surface area contributed by atoms with Crippen LogP contribution in [0.5, 0.6) is 0 Å². The van der Waals surface area contributed by atoms with Crippen molar-refractivity contribution in [1.82, 2.24) is 0 Å². The van der Waals surface area contributed by atoms with Crippen LogP contribution in [0.25, 0.3) is 12.2 Å². The van der Waals surface area contributed by atoms with Crippen LogP contribution in [0.3, 0.4) is 0 Å². The molecule has 2 heteroatoms. The topological polar surface area (TPSA) is 26.0 Å². The van der Waals surface area contributed by atoms with E-state index in [1.54, 1.807) is 0 Å². The zero-order valence-electron chi connectivity index (χ0n) is 12.5. The molecule has 3 rings (SSSR count). The number of fused-ring (bicyclic) bond motifs is 1. The Hall–Kier alpha value is -0.910. The van der Waals surface area contributed by atoms with Crippen LogP contribution < -0.4 is 10.8 Å². The van der Waals surface area contributed by atoms with Crippen molar-refractivity contribution in [3.8, 4) is 0 Å². The van der Waals surface area contributed by atoms with Crippen molar-refractivity contribution in [2.24, 2.45) is 17.3 Å². The smallest absolute Gasteiger partial charge is 0.00138 e. The SMILES string of the molecule is C=Cc1cc2c(c(PN)c1/C=C(\C)C1CC1)CC(C)C2. The highest BCUT2D eigenvalue weighted by atomic mass is 31.1. The van der Waals surface area contributed by atoms with Crippen LogP contribution in [-0.4, -0.2) is 0 Å². The van der Waals surface area contributed by atoms with Crippen molar-refractivity contribution in [3.63, 3.8) is 0 Å². The van der Waals surface area contributed by atoms with Crippen molar-refractivity contribution >= 4 is 26.2 Å². The van der Waals surface area contributed by atoms with Gasteiger partial charge in [-0.15, -0.1) is 0 Å². The lowest BCUT2D eigenvalue weighted by Gasteiger charge is -2.15. The minimum Gasteiger partial charge on any atom is -0.308 e. The van der Waals surface area contributed by atoms with Crippen LogP contribution in [0.2, 0.25) is 0 Å². The van der Waals surface area contributed by atoms with Crippen LogP contribution in [0, 0.1) is 11.8 Å². The number of hydrogen-bond donors (Lipinski definition) is 1. The Kier molecular flexibility index (Phi) is 3.84. The van der Waals surface area contributed by atoms with E-state index < -0.39 is 0 Å². The van der Waals surface area contributed by atoms with Gasteiger partial charge in [0.2, 0.25) is 0 Å². The first-order valence-electron chi connectivity index (χ1n) is 7.60. The Morgan fingerprint density at radius 3 is 2.75 bits per heavy atom. The second-order valence-corrected chi connectivity index (χ2v) is 7.21. The van der Waals surface area contributed by atoms with Gasteiger partial charge in [-0.2, -0.15) is 0 Å². The first kappa shape index (κ1) is 14.0. The van der Waals surface area contributed by atoms with E-state index in [0.29, 0.717) is 8.73 Å². The minimum atomic E-state index is 0.381. The van der Waals surface area contributed by atoms with E-state index >= 15 is 0 Å². The van der Waals surface area contributed by atoms with Crippen LogP contribution in [0.1, 0.15) is 48.9 Å². The molecule has 2 aliphatic carbocycles. The first-order chi connectivity index (χ1) is 9.63. The molecule has 2 atom stereocenters. The maximum absolute atomic E-state index is 6.12. The molecule has 2 N–H and O–H groups in total. The molecule has 2 unspecified atom stereocenters. The standard InChI is InChI=1S/C18H24NP/c1-4-13-10-15-7-11(2)8-16(15)18(20-19)17(13)9-12(3)14-5-6-14/h4,9-11,14,20H,1,5-8,19H2,2-3H3/b12-9+. The van der Waals surface area contributed by atoms with Crippen molar-refractivity contribution in [2.75, 3.05) is 0 Å². The van der Waals surface area contributed by atoms with Gasteiger partial charge in [-0.1, -0.05) is 37.3 Å². The molecule has 0 radical (unpaired) electrons. The molecule has 0 aromatic heterocycles. The molecule has 1 saturated carbocycles. The molecule has 0 spiro atoms. The van der Waals surface area contributed by atoms with Gasteiger partial charge in [0, 0.05) is 0 Å². The molecule has 0 aliphatic heterocycles. The van der Waals surface area contributed by atoms with Gasteiger partial charge in [0.25, 0.3) is 0 Å². The molecule has 0 bridgehead atoms. The third-order valence-electron chi connectivity index (χ3n) is 4.68. The third-order valence-corrected chi connectivity index (χ3v) is 5.54. The summed E-state index contributed by atoms with van der Waals surface area (Å²) in [7, 11) is 0.381. The van der Waals surface area contributed by atoms with E-state index in [-0.39, 0.29) is 0 Å². The highest BCUT2D eigenvalue weighted by molar-refractivity contribution is 7.45. The van der Waals surface area contributed by atoms with E-state index in [2.05, 4.69) is 32.6 Å². The lowest BCUT2D eigenvalue weighted by Crippen LogP contribution is -2.13. The molecule has 1 aromatic carbocycles. The van der Waals surface area contributed by atoms with Gasteiger partial charge in [-0.25, -0.2) is 0 Å². The third kappa shape index (κ3) is 2.50. The van der Waals surface area contributed by atoms with Gasteiger partial charge in [0.15, 0.2) is 0 Å². The molecule has 1 aromatic rings. The molecule has 0 saturated heterocycles. The second-order valence-electron chi connectivity index (χ2n) is 6.42. The fraction of sp³-hybridized carbons (Fsp3) is 0.444. The summed E-state index contributed by atoms with van der Waals surface area (Å²) in [6, 6.07) is 2.35. The first-order valence-corrected chi connectivity index (χ1v) is 8.67. The largest absolute Gasteiger partial charge is 0.308 e. The Bertz CT molecular complexity index is 582. The summed E-state index contributed by atoms with van der Waals surface area (Å²) >= 11 is 0. The molecule has 1 fully saturated rings. The predicted octanol–water partition coefficient (Wildman–Crippen LogP) is 4.06. The fourth-order valence-electron chi connectivity index (χ4n) is 3.40. The van der Waals surface area contributed by atoms with Crippen LogP contribution in [0.4, 0.5) is 0 Å². The van der Waals surface area contributed by atoms with Crippen LogP contribution >= 0.6 is 8.73 Å². The number of allylic oxidation sites excluding steroid dienone is 1. The van der Waals surface area contributed by atoms with Crippen LogP contribution in [0.15, 0.2) is 18.2 Å². The highest BCUT2D eigenvalue weighted by Gasteiger charge is 2.26. The number of hydrogen-bond acceptors (Lipinski definition) is 1. The molecule has 1 nitrogen and oxygen atoms in total. The average Bonchev–Trinajstić information content (AvgIpc) is 3.20. The monoisotopic (exact) mass is 285 g/mol. The van der Waals surface area contributed by atoms with Gasteiger partial charge in [0.05, 0.1) is 0 Å². The van der Waals surface area contributed by atoms with Crippen LogP contribution in [-0.2, 0) is 12.8 Å². The summed E-state index contributed by atoms with van der Waals surface area (Å²) < 4.78 is 0. The lowest BCUT2D eigenvalue weighted by molar-refractivity contribution is 0.628. The Balaban J connectivity index is 2.14. The maximum Gasteiger partial charge on any atom is -0.00138 e. The second kappa shape index (κ2) is 5.47. The van der Waals surface area contributed by atoms with Gasteiger partial charge < -0.3 is 5.50 Å². The fourth-order valence-corrected chi connectivity index (χ4v) is 4.21. The number of nitrogens with two attached hydrogens (primary N) is 1. The number of benzene rings is 1. The number of rotatable bonds is 4. The van der Waals surface area contributed by atoms with Crippen molar-refractivity contribution in [2.45, 2.75) is 39.5 Å². The molecule has 20 heavy (non-hydrogen) atoms. The van der Waals surface area contributed by atoms with Gasteiger partial charge in [-0.3, -0.25) is 0 Å². The summed E-state index contributed by atoms with van der Waals surface area (Å²) in [6.07, 6.45) is 9.48. The molecular weight excluding hydrogens is 261 g/mol. The Morgan fingerprint density at radius 2 is 2.15 bits per heavy atom. The molecule has 2 aliphatic rings. The van der Waals surface area contributed by atoms with Gasteiger partial charge >= 0.3 is 0 Å². The van der Waals surface area contributed by atoms with Crippen molar-refractivity contribution < 1.29 is 0 Å².